The van der Waals surface area contributed by atoms with Gasteiger partial charge in [-0.15, -0.1) is 0 Å². The number of rotatable bonds is 6. The van der Waals surface area contributed by atoms with Crippen LogP contribution in [0.1, 0.15) is 44.2 Å². The molecule has 3 atom stereocenters. The highest BCUT2D eigenvalue weighted by Gasteiger charge is 2.26. The average Bonchev–Trinajstić information content (AvgIpc) is 2.91. The zero-order chi connectivity index (χ0) is 15.2. The van der Waals surface area contributed by atoms with Crippen LogP contribution < -0.4 is 0 Å². The van der Waals surface area contributed by atoms with Gasteiger partial charge in [-0.25, -0.2) is 0 Å². The molecule has 5 heteroatoms. The topological polar surface area (TPSA) is 60.2 Å². The smallest absolute Gasteiger partial charge is 0.0885 e. The predicted octanol–water partition coefficient (Wildman–Crippen LogP) is 3.08. The number of hydrogen-bond donors (Lipinski definition) is 1. The van der Waals surface area contributed by atoms with Crippen molar-refractivity contribution >= 4 is 15.9 Å². The van der Waals surface area contributed by atoms with E-state index in [2.05, 4.69) is 38.8 Å². The van der Waals surface area contributed by atoms with Crippen LogP contribution in [-0.2, 0) is 0 Å². The maximum Gasteiger partial charge on any atom is 0.0885 e. The van der Waals surface area contributed by atoms with Crippen molar-refractivity contribution < 1.29 is 5.11 Å². The molecule has 0 saturated carbocycles. The number of aromatic nitrogens is 1. The van der Waals surface area contributed by atoms with Gasteiger partial charge in [-0.3, -0.25) is 9.88 Å². The largest absolute Gasteiger partial charge is 0.392 e. The van der Waals surface area contributed by atoms with E-state index in [0.29, 0.717) is 6.04 Å². The molecule has 1 aromatic heterocycles. The second-order valence-corrected chi connectivity index (χ2v) is 6.58. The van der Waals surface area contributed by atoms with Crippen LogP contribution in [0.5, 0.6) is 0 Å². The molecule has 2 rings (SSSR count). The fourth-order valence-electron chi connectivity index (χ4n) is 2.98. The second kappa shape index (κ2) is 7.88. The van der Waals surface area contributed by atoms with Crippen LogP contribution in [0.25, 0.3) is 0 Å². The Morgan fingerprint density at radius 2 is 2.33 bits per heavy atom. The zero-order valence-corrected chi connectivity index (χ0v) is 14.0. The fraction of sp³-hybridized carbons (Fsp3) is 0.625. The quantitative estimate of drug-likeness (QED) is 0.855. The minimum atomic E-state index is -0.182. The van der Waals surface area contributed by atoms with Crippen LogP contribution in [-0.4, -0.2) is 40.2 Å². The molecule has 1 fully saturated rings. The lowest BCUT2D eigenvalue weighted by molar-refractivity contribution is 0.152. The molecular weight excluding hydrogens is 330 g/mol. The summed E-state index contributed by atoms with van der Waals surface area (Å²) in [5.41, 5.74) is 0.844. The number of nitrogens with zero attached hydrogens (tertiary/aromatic N) is 3. The van der Waals surface area contributed by atoms with Crippen LogP contribution in [0.3, 0.4) is 0 Å². The maximum atomic E-state index is 9.66. The first-order valence-electron chi connectivity index (χ1n) is 7.57. The van der Waals surface area contributed by atoms with Gasteiger partial charge in [-0.2, -0.15) is 5.26 Å². The molecule has 0 bridgehead atoms. The highest BCUT2D eigenvalue weighted by Crippen LogP contribution is 2.25. The Hall–Kier alpha value is -0.960. The molecular formula is C16H22BrN3O. The summed E-state index contributed by atoms with van der Waals surface area (Å²) in [5, 5.41) is 19.0. The molecule has 4 nitrogen and oxygen atoms in total. The van der Waals surface area contributed by atoms with Crippen molar-refractivity contribution in [1.29, 1.82) is 5.26 Å². The number of β-amino-alcohol motifs (C(OH)–C–C–N with tert-alkyl or cyclic N) is 1. The van der Waals surface area contributed by atoms with Gasteiger partial charge in [0.25, 0.3) is 0 Å². The molecule has 1 aliphatic heterocycles. The SMILES string of the molecule is CC[C@H](CCC(C#N)c1ccc(Br)cn1)N1CCC(O)C1. The summed E-state index contributed by atoms with van der Waals surface area (Å²) >= 11 is 3.36. The third-order valence-electron chi connectivity index (χ3n) is 4.23. The van der Waals surface area contributed by atoms with Gasteiger partial charge >= 0.3 is 0 Å². The van der Waals surface area contributed by atoms with Crippen LogP contribution in [0, 0.1) is 11.3 Å². The normalized spacial score (nSPS) is 21.9. The molecule has 114 valence electrons. The molecule has 1 aromatic rings. The summed E-state index contributed by atoms with van der Waals surface area (Å²) in [6.07, 6.45) is 5.27. The highest BCUT2D eigenvalue weighted by molar-refractivity contribution is 9.10. The van der Waals surface area contributed by atoms with Gasteiger partial charge < -0.3 is 5.11 Å². The Labute approximate surface area is 134 Å². The van der Waals surface area contributed by atoms with Crippen LogP contribution in [0.15, 0.2) is 22.8 Å². The van der Waals surface area contributed by atoms with Gasteiger partial charge in [0.1, 0.15) is 0 Å². The van der Waals surface area contributed by atoms with Gasteiger partial charge in [0.2, 0.25) is 0 Å². The lowest BCUT2D eigenvalue weighted by Gasteiger charge is -2.27. The molecule has 1 saturated heterocycles. The number of hydrogen-bond acceptors (Lipinski definition) is 4. The van der Waals surface area contributed by atoms with Crippen LogP contribution in [0.4, 0.5) is 0 Å². The standard InChI is InChI=1S/C16H22BrN3O/c1-2-14(20-8-7-15(21)11-20)5-3-12(9-18)16-6-4-13(17)10-19-16/h4,6,10,12,14-15,21H,2-3,5,7-8,11H2,1H3/t12?,14-,15?/m1/s1. The zero-order valence-electron chi connectivity index (χ0n) is 12.4. The summed E-state index contributed by atoms with van der Waals surface area (Å²) in [4.78, 5) is 6.70. The Balaban J connectivity index is 1.92. The van der Waals surface area contributed by atoms with Crippen molar-refractivity contribution in [2.75, 3.05) is 13.1 Å². The van der Waals surface area contributed by atoms with Crippen molar-refractivity contribution in [1.82, 2.24) is 9.88 Å². The first-order valence-corrected chi connectivity index (χ1v) is 8.36. The van der Waals surface area contributed by atoms with Crippen molar-refractivity contribution in [2.24, 2.45) is 0 Å². The second-order valence-electron chi connectivity index (χ2n) is 5.66. The van der Waals surface area contributed by atoms with Crippen molar-refractivity contribution in [3.63, 3.8) is 0 Å². The molecule has 2 unspecified atom stereocenters. The summed E-state index contributed by atoms with van der Waals surface area (Å²) in [5.74, 6) is -0.153. The van der Waals surface area contributed by atoms with Gasteiger partial charge in [0.15, 0.2) is 0 Å². The monoisotopic (exact) mass is 351 g/mol. The van der Waals surface area contributed by atoms with E-state index in [1.165, 1.54) is 0 Å². The third-order valence-corrected chi connectivity index (χ3v) is 4.70. The van der Waals surface area contributed by atoms with E-state index in [9.17, 15) is 10.4 Å². The summed E-state index contributed by atoms with van der Waals surface area (Å²) in [6.45, 7) is 3.91. The first-order chi connectivity index (χ1) is 10.1. The van der Waals surface area contributed by atoms with E-state index in [-0.39, 0.29) is 12.0 Å². The molecule has 0 aliphatic carbocycles. The van der Waals surface area contributed by atoms with Gasteiger partial charge in [0.05, 0.1) is 23.8 Å². The van der Waals surface area contributed by atoms with Crippen LogP contribution in [0.2, 0.25) is 0 Å². The summed E-state index contributed by atoms with van der Waals surface area (Å²) < 4.78 is 0.931. The number of aliphatic hydroxyl groups excluding tert-OH is 1. The van der Waals surface area contributed by atoms with Crippen molar-refractivity contribution in [2.45, 2.75) is 50.7 Å². The first kappa shape index (κ1) is 16.4. The molecule has 1 aliphatic rings. The lowest BCUT2D eigenvalue weighted by Crippen LogP contribution is -2.33. The van der Waals surface area contributed by atoms with E-state index in [4.69, 9.17) is 0 Å². The van der Waals surface area contributed by atoms with Crippen LogP contribution >= 0.6 is 15.9 Å². The molecule has 0 radical (unpaired) electrons. The molecule has 0 amide bonds. The van der Waals surface area contributed by atoms with E-state index >= 15 is 0 Å². The summed E-state index contributed by atoms with van der Waals surface area (Å²) in [6, 6.07) is 6.67. The van der Waals surface area contributed by atoms with Gasteiger partial charge in [-0.1, -0.05) is 6.92 Å². The molecule has 2 heterocycles. The minimum Gasteiger partial charge on any atom is -0.392 e. The Kier molecular flexibility index (Phi) is 6.16. The number of likely N-dealkylation sites (tertiary alicyclic amines) is 1. The van der Waals surface area contributed by atoms with Crippen molar-refractivity contribution in [3.8, 4) is 6.07 Å². The lowest BCUT2D eigenvalue weighted by atomic mass is 9.96. The van der Waals surface area contributed by atoms with E-state index in [0.717, 1.165) is 48.9 Å². The molecule has 0 aromatic carbocycles. The fourth-order valence-corrected chi connectivity index (χ4v) is 3.21. The number of aliphatic hydroxyl groups is 1. The minimum absolute atomic E-state index is 0.153. The number of nitriles is 1. The molecule has 21 heavy (non-hydrogen) atoms. The molecule has 0 spiro atoms. The van der Waals surface area contributed by atoms with Crippen molar-refractivity contribution in [3.05, 3.63) is 28.5 Å². The summed E-state index contributed by atoms with van der Waals surface area (Å²) in [7, 11) is 0. The number of halogens is 1. The van der Waals surface area contributed by atoms with E-state index in [1.807, 2.05) is 12.1 Å². The van der Waals surface area contributed by atoms with E-state index in [1.54, 1.807) is 6.20 Å². The Morgan fingerprint density at radius 1 is 1.52 bits per heavy atom. The predicted molar refractivity (Wildman–Crippen MR) is 85.8 cm³/mol. The maximum absolute atomic E-state index is 9.66. The average molecular weight is 352 g/mol. The van der Waals surface area contributed by atoms with Gasteiger partial charge in [0, 0.05) is 29.8 Å². The third kappa shape index (κ3) is 4.50. The Morgan fingerprint density at radius 3 is 2.86 bits per heavy atom. The van der Waals surface area contributed by atoms with Gasteiger partial charge in [-0.05, 0) is 53.7 Å². The molecule has 1 N–H and O–H groups in total. The Bertz CT molecular complexity index is 485. The number of pyridine rings is 1. The van der Waals surface area contributed by atoms with E-state index < -0.39 is 0 Å². The highest BCUT2D eigenvalue weighted by atomic mass is 79.9.